The normalized spacial score (nSPS) is 18.4. The van der Waals surface area contributed by atoms with Crippen LogP contribution in [0, 0.1) is 0 Å². The quantitative estimate of drug-likeness (QED) is 0.900. The molecule has 6 heteroatoms. The summed E-state index contributed by atoms with van der Waals surface area (Å²) in [5, 5.41) is 7.13. The number of anilines is 1. The highest BCUT2D eigenvalue weighted by Crippen LogP contribution is 2.24. The Morgan fingerprint density at radius 1 is 1.30 bits per heavy atom. The van der Waals surface area contributed by atoms with Crippen molar-refractivity contribution in [1.29, 1.82) is 0 Å². The molecule has 0 bridgehead atoms. The van der Waals surface area contributed by atoms with Crippen molar-refractivity contribution in [2.75, 3.05) is 31.5 Å². The van der Waals surface area contributed by atoms with E-state index in [-0.39, 0.29) is 18.3 Å². The monoisotopic (exact) mass is 315 g/mol. The summed E-state index contributed by atoms with van der Waals surface area (Å²) in [6.45, 7) is 3.66. The van der Waals surface area contributed by atoms with Crippen LogP contribution in [0.2, 0.25) is 5.02 Å². The Morgan fingerprint density at radius 3 is 2.55 bits per heavy atom. The molecule has 0 unspecified atom stereocenters. The number of halogens is 2. The fourth-order valence-corrected chi connectivity index (χ4v) is 2.76. The minimum Gasteiger partial charge on any atom is -0.380 e. The van der Waals surface area contributed by atoms with E-state index in [2.05, 4.69) is 10.6 Å². The van der Waals surface area contributed by atoms with E-state index in [0.717, 1.165) is 44.7 Å². The number of amides is 1. The number of benzene rings is 1. The van der Waals surface area contributed by atoms with Gasteiger partial charge in [-0.2, -0.15) is 0 Å². The van der Waals surface area contributed by atoms with E-state index in [4.69, 9.17) is 11.6 Å². The molecule has 2 aliphatic heterocycles. The van der Waals surface area contributed by atoms with E-state index < -0.39 is 0 Å². The summed E-state index contributed by atoms with van der Waals surface area (Å²) >= 11 is 6.24. The lowest BCUT2D eigenvalue weighted by Gasteiger charge is -2.29. The number of likely N-dealkylation sites (tertiary alicyclic amines) is 1. The minimum absolute atomic E-state index is 0. The number of nitrogens with one attached hydrogen (secondary N) is 2. The molecule has 2 aliphatic rings. The second-order valence-corrected chi connectivity index (χ2v) is 5.60. The number of hydrogen-bond acceptors (Lipinski definition) is 3. The summed E-state index contributed by atoms with van der Waals surface area (Å²) < 4.78 is 0. The standard InChI is InChI=1S/C14H18ClN3O.ClH/c15-13-7-10(17-11-8-16-9-11)3-4-12(13)14(19)18-5-1-2-6-18;/h3-4,7,11,16-17H,1-2,5-6,8-9H2;1H. The third-order valence-corrected chi connectivity index (χ3v) is 4.06. The highest BCUT2D eigenvalue weighted by Gasteiger charge is 2.22. The van der Waals surface area contributed by atoms with Crippen LogP contribution in [0.5, 0.6) is 0 Å². The zero-order valence-electron chi connectivity index (χ0n) is 11.2. The molecule has 0 aromatic heterocycles. The van der Waals surface area contributed by atoms with Gasteiger partial charge in [0, 0.05) is 31.9 Å². The summed E-state index contributed by atoms with van der Waals surface area (Å²) in [4.78, 5) is 14.2. The van der Waals surface area contributed by atoms with E-state index in [1.807, 2.05) is 23.1 Å². The first-order chi connectivity index (χ1) is 9.24. The minimum atomic E-state index is 0. The Hall–Kier alpha value is -0.970. The molecule has 0 spiro atoms. The van der Waals surface area contributed by atoms with Gasteiger partial charge in [-0.1, -0.05) is 11.6 Å². The molecule has 1 aromatic carbocycles. The molecule has 1 amide bonds. The molecule has 4 nitrogen and oxygen atoms in total. The van der Waals surface area contributed by atoms with Gasteiger partial charge in [0.2, 0.25) is 0 Å². The Bertz CT molecular complexity index is 485. The van der Waals surface area contributed by atoms with Crippen molar-refractivity contribution in [1.82, 2.24) is 10.2 Å². The maximum absolute atomic E-state index is 12.3. The van der Waals surface area contributed by atoms with E-state index in [1.54, 1.807) is 0 Å². The first kappa shape index (κ1) is 15.4. The fourth-order valence-electron chi connectivity index (χ4n) is 2.50. The van der Waals surface area contributed by atoms with Gasteiger partial charge in [-0.3, -0.25) is 4.79 Å². The predicted molar refractivity (Wildman–Crippen MR) is 84.1 cm³/mol. The lowest BCUT2D eigenvalue weighted by atomic mass is 10.1. The molecular weight excluding hydrogens is 297 g/mol. The second kappa shape index (κ2) is 6.66. The lowest BCUT2D eigenvalue weighted by molar-refractivity contribution is 0.0793. The maximum Gasteiger partial charge on any atom is 0.255 e. The zero-order chi connectivity index (χ0) is 13.2. The lowest BCUT2D eigenvalue weighted by Crippen LogP contribution is -2.51. The van der Waals surface area contributed by atoms with Gasteiger partial charge in [0.15, 0.2) is 0 Å². The van der Waals surface area contributed by atoms with Crippen LogP contribution in [-0.4, -0.2) is 43.0 Å². The highest BCUT2D eigenvalue weighted by atomic mass is 35.5. The van der Waals surface area contributed by atoms with E-state index in [1.165, 1.54) is 0 Å². The average Bonchev–Trinajstić information content (AvgIpc) is 2.87. The number of nitrogens with zero attached hydrogens (tertiary/aromatic N) is 1. The smallest absolute Gasteiger partial charge is 0.255 e. The molecule has 0 saturated carbocycles. The molecule has 2 fully saturated rings. The summed E-state index contributed by atoms with van der Waals surface area (Å²) in [6, 6.07) is 6.09. The highest BCUT2D eigenvalue weighted by molar-refractivity contribution is 6.34. The summed E-state index contributed by atoms with van der Waals surface area (Å²) in [5.74, 6) is 0.0550. The Morgan fingerprint density at radius 2 is 2.00 bits per heavy atom. The molecule has 3 rings (SSSR count). The average molecular weight is 316 g/mol. The molecule has 20 heavy (non-hydrogen) atoms. The van der Waals surface area contributed by atoms with E-state index >= 15 is 0 Å². The number of rotatable bonds is 3. The SMILES string of the molecule is Cl.O=C(c1ccc(NC2CNC2)cc1Cl)N1CCCC1. The fraction of sp³-hybridized carbons (Fsp3) is 0.500. The van der Waals surface area contributed by atoms with Gasteiger partial charge >= 0.3 is 0 Å². The second-order valence-electron chi connectivity index (χ2n) is 5.19. The van der Waals surface area contributed by atoms with Gasteiger partial charge in [-0.05, 0) is 31.0 Å². The molecule has 0 atom stereocenters. The molecule has 1 aromatic rings. The van der Waals surface area contributed by atoms with E-state index in [9.17, 15) is 4.79 Å². The van der Waals surface area contributed by atoms with Crippen molar-refractivity contribution in [3.05, 3.63) is 28.8 Å². The van der Waals surface area contributed by atoms with Gasteiger partial charge in [-0.25, -0.2) is 0 Å². The van der Waals surface area contributed by atoms with Gasteiger partial charge < -0.3 is 15.5 Å². The van der Waals surface area contributed by atoms with Crippen LogP contribution in [0.1, 0.15) is 23.2 Å². The molecule has 110 valence electrons. The number of hydrogen-bond donors (Lipinski definition) is 2. The molecule has 0 aliphatic carbocycles. The van der Waals surface area contributed by atoms with Crippen molar-refractivity contribution in [3.8, 4) is 0 Å². The maximum atomic E-state index is 12.3. The van der Waals surface area contributed by atoms with Crippen molar-refractivity contribution in [2.24, 2.45) is 0 Å². The summed E-state index contributed by atoms with van der Waals surface area (Å²) in [6.07, 6.45) is 2.19. The van der Waals surface area contributed by atoms with Crippen LogP contribution in [0.4, 0.5) is 5.69 Å². The van der Waals surface area contributed by atoms with Crippen LogP contribution in [0.3, 0.4) is 0 Å². The topological polar surface area (TPSA) is 44.4 Å². The van der Waals surface area contributed by atoms with E-state index in [0.29, 0.717) is 16.6 Å². The van der Waals surface area contributed by atoms with Crippen LogP contribution in [-0.2, 0) is 0 Å². The summed E-state index contributed by atoms with van der Waals surface area (Å²) in [7, 11) is 0. The summed E-state index contributed by atoms with van der Waals surface area (Å²) in [5.41, 5.74) is 1.59. The zero-order valence-corrected chi connectivity index (χ0v) is 12.8. The van der Waals surface area contributed by atoms with Crippen LogP contribution >= 0.6 is 24.0 Å². The molecular formula is C14H19Cl2N3O. The van der Waals surface area contributed by atoms with Gasteiger partial charge in [0.05, 0.1) is 16.6 Å². The Balaban J connectivity index is 0.00000147. The first-order valence-corrected chi connectivity index (χ1v) is 7.18. The Kier molecular flexibility index (Phi) is 5.13. The largest absolute Gasteiger partial charge is 0.380 e. The van der Waals surface area contributed by atoms with Crippen molar-refractivity contribution < 1.29 is 4.79 Å². The van der Waals surface area contributed by atoms with Crippen molar-refractivity contribution in [3.63, 3.8) is 0 Å². The van der Waals surface area contributed by atoms with Gasteiger partial charge in [0.25, 0.3) is 5.91 Å². The number of carbonyl (C=O) groups is 1. The van der Waals surface area contributed by atoms with Gasteiger partial charge in [0.1, 0.15) is 0 Å². The third kappa shape index (κ3) is 3.19. The third-order valence-electron chi connectivity index (χ3n) is 3.75. The van der Waals surface area contributed by atoms with Crippen LogP contribution in [0.15, 0.2) is 18.2 Å². The Labute approximate surface area is 130 Å². The molecule has 2 heterocycles. The predicted octanol–water partition coefficient (Wildman–Crippen LogP) is 2.38. The first-order valence-electron chi connectivity index (χ1n) is 6.80. The molecule has 2 saturated heterocycles. The van der Waals surface area contributed by atoms with Crippen molar-refractivity contribution in [2.45, 2.75) is 18.9 Å². The molecule has 2 N–H and O–H groups in total. The molecule has 0 radical (unpaired) electrons. The number of carbonyl (C=O) groups excluding carboxylic acids is 1. The van der Waals surface area contributed by atoms with Crippen LogP contribution in [0.25, 0.3) is 0 Å². The van der Waals surface area contributed by atoms with Crippen LogP contribution < -0.4 is 10.6 Å². The van der Waals surface area contributed by atoms with Gasteiger partial charge in [-0.15, -0.1) is 12.4 Å². The van der Waals surface area contributed by atoms with Crippen molar-refractivity contribution >= 4 is 35.6 Å².